The highest BCUT2D eigenvalue weighted by atomic mass is 16.6. The lowest BCUT2D eigenvalue weighted by atomic mass is 10.3. The first-order valence-electron chi connectivity index (χ1n) is 3.41. The van der Waals surface area contributed by atoms with Crippen LogP contribution in [0.1, 0.15) is 12.8 Å². The van der Waals surface area contributed by atoms with Gasteiger partial charge in [0, 0.05) is 6.54 Å². The Kier molecular flexibility index (Phi) is 13.6. The van der Waals surface area contributed by atoms with Gasteiger partial charge in [-0.05, 0) is 19.4 Å². The Hall–Kier alpha value is -1.37. The SMILES string of the molecule is NCCCCN=C(N)N.O=NO. The van der Waals surface area contributed by atoms with Crippen LogP contribution < -0.4 is 17.2 Å². The van der Waals surface area contributed by atoms with Crippen LogP contribution in [0.5, 0.6) is 0 Å². The summed E-state index contributed by atoms with van der Waals surface area (Å²) in [6, 6.07) is 0. The zero-order chi connectivity index (χ0) is 9.82. The number of guanidine groups is 1. The molecule has 12 heavy (non-hydrogen) atoms. The lowest BCUT2D eigenvalue weighted by molar-refractivity contribution is 0.312. The maximum Gasteiger partial charge on any atom is 0.185 e. The van der Waals surface area contributed by atoms with Crippen molar-refractivity contribution in [2.24, 2.45) is 27.5 Å². The molecule has 7 nitrogen and oxygen atoms in total. The predicted octanol–water partition coefficient (Wildman–Crippen LogP) is -0.859. The van der Waals surface area contributed by atoms with E-state index in [1.807, 2.05) is 0 Å². The van der Waals surface area contributed by atoms with Gasteiger partial charge in [0.25, 0.3) is 0 Å². The number of unbranched alkanes of at least 4 members (excludes halogenated alkanes) is 1. The van der Waals surface area contributed by atoms with Gasteiger partial charge < -0.3 is 22.4 Å². The second-order valence-electron chi connectivity index (χ2n) is 1.88. The van der Waals surface area contributed by atoms with Gasteiger partial charge in [0.15, 0.2) is 11.3 Å². The van der Waals surface area contributed by atoms with Crippen LogP contribution in [0.25, 0.3) is 0 Å². The molecule has 0 aliphatic heterocycles. The van der Waals surface area contributed by atoms with Crippen molar-refractivity contribution in [3.8, 4) is 0 Å². The Bertz CT molecular complexity index is 123. The second kappa shape index (κ2) is 12.3. The Morgan fingerprint density at radius 1 is 1.33 bits per heavy atom. The molecule has 0 saturated heterocycles. The number of nitrogens with zero attached hydrogens (tertiary/aromatic N) is 2. The van der Waals surface area contributed by atoms with E-state index in [2.05, 4.69) is 4.99 Å². The standard InChI is InChI=1S/C5H14N4.HNO2/c6-3-1-2-4-9-5(7)8;2-1-3/h1-4,6H2,(H4,7,8,9);(H,2,3). The molecule has 72 valence electrons. The summed E-state index contributed by atoms with van der Waals surface area (Å²) in [5.74, 6) is 0.159. The summed E-state index contributed by atoms with van der Waals surface area (Å²) in [5, 5.41) is 7.89. The van der Waals surface area contributed by atoms with Gasteiger partial charge in [-0.1, -0.05) is 0 Å². The van der Waals surface area contributed by atoms with E-state index in [1.165, 1.54) is 5.34 Å². The highest BCUT2D eigenvalue weighted by molar-refractivity contribution is 5.75. The van der Waals surface area contributed by atoms with E-state index >= 15 is 0 Å². The number of aliphatic imine (C=N–C) groups is 1. The van der Waals surface area contributed by atoms with E-state index in [4.69, 9.17) is 27.3 Å². The lowest BCUT2D eigenvalue weighted by Crippen LogP contribution is -2.23. The van der Waals surface area contributed by atoms with Crippen LogP contribution in [0, 0.1) is 4.91 Å². The first kappa shape index (κ1) is 13.2. The van der Waals surface area contributed by atoms with Crippen molar-refractivity contribution in [1.82, 2.24) is 0 Å². The number of hydrogen-bond acceptors (Lipinski definition) is 4. The highest BCUT2D eigenvalue weighted by Crippen LogP contribution is 1.84. The van der Waals surface area contributed by atoms with E-state index < -0.39 is 0 Å². The molecule has 0 aromatic heterocycles. The van der Waals surface area contributed by atoms with E-state index in [9.17, 15) is 0 Å². The molecule has 0 bridgehead atoms. The van der Waals surface area contributed by atoms with E-state index in [-0.39, 0.29) is 5.96 Å². The van der Waals surface area contributed by atoms with Gasteiger partial charge in [-0.2, -0.15) is 0 Å². The van der Waals surface area contributed by atoms with Gasteiger partial charge in [0.1, 0.15) is 0 Å². The van der Waals surface area contributed by atoms with Crippen molar-refractivity contribution in [3.05, 3.63) is 4.91 Å². The Morgan fingerprint density at radius 3 is 2.17 bits per heavy atom. The molecule has 0 amide bonds. The molecule has 0 heterocycles. The molecule has 0 fully saturated rings. The monoisotopic (exact) mass is 177 g/mol. The third-order valence-corrected chi connectivity index (χ3v) is 0.907. The molecule has 0 radical (unpaired) electrons. The fraction of sp³-hybridized carbons (Fsp3) is 0.800. The quantitative estimate of drug-likeness (QED) is 0.145. The van der Waals surface area contributed by atoms with Crippen molar-refractivity contribution in [2.75, 3.05) is 13.1 Å². The molecule has 0 aromatic rings. The molecule has 0 rings (SSSR count). The van der Waals surface area contributed by atoms with Crippen LogP contribution in [0.3, 0.4) is 0 Å². The minimum Gasteiger partial charge on any atom is -0.379 e. The van der Waals surface area contributed by atoms with Crippen LogP contribution in [-0.2, 0) is 0 Å². The molecule has 0 aromatic carbocycles. The van der Waals surface area contributed by atoms with Gasteiger partial charge in [-0.3, -0.25) is 4.99 Å². The summed E-state index contributed by atoms with van der Waals surface area (Å²) in [5.41, 5.74) is 15.4. The summed E-state index contributed by atoms with van der Waals surface area (Å²) in [6.45, 7) is 1.40. The molecule has 7 heteroatoms. The van der Waals surface area contributed by atoms with Crippen LogP contribution in [0.4, 0.5) is 0 Å². The first-order valence-corrected chi connectivity index (χ1v) is 3.41. The van der Waals surface area contributed by atoms with E-state index in [0.29, 0.717) is 13.1 Å². The zero-order valence-electron chi connectivity index (χ0n) is 6.81. The van der Waals surface area contributed by atoms with Gasteiger partial charge in [0.2, 0.25) is 0 Å². The summed E-state index contributed by atoms with van der Waals surface area (Å²) in [6.07, 6.45) is 1.95. The van der Waals surface area contributed by atoms with Gasteiger partial charge in [0.05, 0.1) is 0 Å². The number of rotatable bonds is 4. The average molecular weight is 177 g/mol. The Labute approximate surface area is 70.6 Å². The molecule has 0 spiro atoms. The van der Waals surface area contributed by atoms with Crippen molar-refractivity contribution >= 4 is 5.96 Å². The van der Waals surface area contributed by atoms with Gasteiger partial charge in [-0.25, -0.2) is 0 Å². The second-order valence-corrected chi connectivity index (χ2v) is 1.88. The molecule has 7 N–H and O–H groups in total. The molecule has 0 unspecified atom stereocenters. The highest BCUT2D eigenvalue weighted by Gasteiger charge is 1.82. The maximum absolute atomic E-state index is 8.11. The summed E-state index contributed by atoms with van der Waals surface area (Å²) in [4.78, 5) is 11.9. The minimum atomic E-state index is 0.159. The normalized spacial score (nSPS) is 7.75. The molecule has 0 aliphatic carbocycles. The van der Waals surface area contributed by atoms with E-state index in [0.717, 1.165) is 12.8 Å². The number of nitrogens with two attached hydrogens (primary N) is 3. The smallest absolute Gasteiger partial charge is 0.185 e. The van der Waals surface area contributed by atoms with Crippen LogP contribution in [0.2, 0.25) is 0 Å². The maximum atomic E-state index is 8.11. The molecule has 0 atom stereocenters. The fourth-order valence-corrected chi connectivity index (χ4v) is 0.464. The third-order valence-electron chi connectivity index (χ3n) is 0.907. The molecular formula is C5H15N5O2. The lowest BCUT2D eigenvalue weighted by Gasteiger charge is -1.92. The predicted molar refractivity (Wildman–Crippen MR) is 46.5 cm³/mol. The van der Waals surface area contributed by atoms with Gasteiger partial charge in [-0.15, -0.1) is 4.91 Å². The van der Waals surface area contributed by atoms with Crippen LogP contribution >= 0.6 is 0 Å². The molecular weight excluding hydrogens is 162 g/mol. The van der Waals surface area contributed by atoms with E-state index in [1.54, 1.807) is 0 Å². The summed E-state index contributed by atoms with van der Waals surface area (Å²) >= 11 is 0. The third kappa shape index (κ3) is 23.4. The summed E-state index contributed by atoms with van der Waals surface area (Å²) < 4.78 is 0. The van der Waals surface area contributed by atoms with Crippen molar-refractivity contribution in [3.63, 3.8) is 0 Å². The Morgan fingerprint density at radius 2 is 1.83 bits per heavy atom. The summed E-state index contributed by atoms with van der Waals surface area (Å²) in [7, 11) is 0. The molecule has 0 saturated carbocycles. The minimum absolute atomic E-state index is 0.159. The van der Waals surface area contributed by atoms with Crippen LogP contribution in [0.15, 0.2) is 10.3 Å². The largest absolute Gasteiger partial charge is 0.379 e. The van der Waals surface area contributed by atoms with Crippen molar-refractivity contribution < 1.29 is 5.21 Å². The molecule has 0 aliphatic rings. The van der Waals surface area contributed by atoms with Crippen molar-refractivity contribution in [1.29, 1.82) is 0 Å². The zero-order valence-corrected chi connectivity index (χ0v) is 6.81. The number of hydrogen-bond donors (Lipinski definition) is 4. The average Bonchev–Trinajstić information content (AvgIpc) is 1.99. The van der Waals surface area contributed by atoms with Gasteiger partial charge >= 0.3 is 0 Å². The van der Waals surface area contributed by atoms with Crippen LogP contribution in [-0.4, -0.2) is 24.3 Å². The van der Waals surface area contributed by atoms with Crippen molar-refractivity contribution in [2.45, 2.75) is 12.8 Å². The fourth-order valence-electron chi connectivity index (χ4n) is 0.464. The topological polar surface area (TPSA) is 140 Å². The Balaban J connectivity index is 0. The first-order chi connectivity index (χ1) is 5.68.